The van der Waals surface area contributed by atoms with Gasteiger partial charge in [-0.2, -0.15) is 0 Å². The summed E-state index contributed by atoms with van der Waals surface area (Å²) in [6, 6.07) is 4.35. The third kappa shape index (κ3) is 5.68. The van der Waals surface area contributed by atoms with Gasteiger partial charge >= 0.3 is 0 Å². The van der Waals surface area contributed by atoms with E-state index in [2.05, 4.69) is 19.2 Å². The summed E-state index contributed by atoms with van der Waals surface area (Å²) in [5.74, 6) is -0.292. The second-order valence-corrected chi connectivity index (χ2v) is 6.09. The van der Waals surface area contributed by atoms with Gasteiger partial charge in [0.25, 0.3) is 0 Å². The molecule has 3 N–H and O–H groups in total. The smallest absolute Gasteiger partial charge is 0.125 e. The molecule has 0 aliphatic carbocycles. The fraction of sp³-hybridized carbons (Fsp3) is 0.625. The number of anilines is 1. The van der Waals surface area contributed by atoms with E-state index in [1.165, 1.54) is 37.8 Å². The molecule has 2 nitrogen and oxygen atoms in total. The molecule has 1 atom stereocenters. The number of hydrogen-bond acceptors (Lipinski definition) is 2. The van der Waals surface area contributed by atoms with Crippen LogP contribution in [0.1, 0.15) is 52.4 Å². The molecule has 1 unspecified atom stereocenters. The molecule has 0 aliphatic heterocycles. The van der Waals surface area contributed by atoms with Gasteiger partial charge in [-0.05, 0) is 31.5 Å². The van der Waals surface area contributed by atoms with Crippen LogP contribution >= 0.6 is 11.6 Å². The Morgan fingerprint density at radius 1 is 1.25 bits per heavy atom. The van der Waals surface area contributed by atoms with Gasteiger partial charge in [0.1, 0.15) is 5.82 Å². The first-order chi connectivity index (χ1) is 9.50. The lowest BCUT2D eigenvalue weighted by Crippen LogP contribution is -2.42. The summed E-state index contributed by atoms with van der Waals surface area (Å²) in [6.45, 7) is 4.76. The van der Waals surface area contributed by atoms with E-state index < -0.39 is 0 Å². The molecule has 0 spiro atoms. The first-order valence-electron chi connectivity index (χ1n) is 7.44. The summed E-state index contributed by atoms with van der Waals surface area (Å²) in [6.07, 6.45) is 7.07. The van der Waals surface area contributed by atoms with Crippen LogP contribution in [0.4, 0.5) is 10.1 Å². The first kappa shape index (κ1) is 17.3. The average Bonchev–Trinajstić information content (AvgIpc) is 2.43. The van der Waals surface area contributed by atoms with E-state index in [0.29, 0.717) is 17.3 Å². The topological polar surface area (TPSA) is 38.0 Å². The van der Waals surface area contributed by atoms with Gasteiger partial charge in [-0.1, -0.05) is 50.6 Å². The maximum atomic E-state index is 13.3. The summed E-state index contributed by atoms with van der Waals surface area (Å²) in [7, 11) is 0. The lowest BCUT2D eigenvalue weighted by atomic mass is 9.93. The molecular formula is C16H26ClFN2. The number of rotatable bonds is 9. The van der Waals surface area contributed by atoms with Crippen LogP contribution < -0.4 is 11.1 Å². The van der Waals surface area contributed by atoms with Crippen LogP contribution in [0.25, 0.3) is 0 Å². The molecule has 0 bridgehead atoms. The molecule has 0 saturated heterocycles. The number of nitrogens with two attached hydrogens (primary N) is 1. The number of benzene rings is 1. The first-order valence-corrected chi connectivity index (χ1v) is 7.82. The minimum Gasteiger partial charge on any atom is -0.377 e. The monoisotopic (exact) mass is 300 g/mol. The molecule has 0 aromatic heterocycles. The Morgan fingerprint density at radius 3 is 2.60 bits per heavy atom. The second kappa shape index (κ2) is 8.48. The normalized spacial score (nSPS) is 14.1. The summed E-state index contributed by atoms with van der Waals surface area (Å²) in [5, 5.41) is 3.83. The molecule has 0 heterocycles. The van der Waals surface area contributed by atoms with E-state index in [1.807, 2.05) is 0 Å². The van der Waals surface area contributed by atoms with E-state index in [0.717, 1.165) is 12.8 Å². The van der Waals surface area contributed by atoms with E-state index in [9.17, 15) is 4.39 Å². The van der Waals surface area contributed by atoms with Gasteiger partial charge in [-0.3, -0.25) is 0 Å². The Balaban J connectivity index is 2.57. The summed E-state index contributed by atoms with van der Waals surface area (Å²) >= 11 is 6.09. The molecule has 114 valence electrons. The van der Waals surface area contributed by atoms with E-state index in [-0.39, 0.29) is 11.4 Å². The van der Waals surface area contributed by atoms with Crippen LogP contribution in [-0.2, 0) is 0 Å². The highest BCUT2D eigenvalue weighted by molar-refractivity contribution is 6.33. The Morgan fingerprint density at radius 2 is 1.95 bits per heavy atom. The molecule has 0 saturated carbocycles. The quantitative estimate of drug-likeness (QED) is 0.632. The third-order valence-corrected chi connectivity index (χ3v) is 3.98. The number of halogens is 2. The van der Waals surface area contributed by atoms with Gasteiger partial charge in [0.05, 0.1) is 10.7 Å². The highest BCUT2D eigenvalue weighted by Crippen LogP contribution is 2.27. The van der Waals surface area contributed by atoms with Crippen LogP contribution in [0.5, 0.6) is 0 Å². The van der Waals surface area contributed by atoms with Crippen LogP contribution in [0.3, 0.4) is 0 Å². The molecule has 4 heteroatoms. The number of unbranched alkanes of at least 4 members (excludes halogenated alkanes) is 4. The van der Waals surface area contributed by atoms with Crippen molar-refractivity contribution in [3.63, 3.8) is 0 Å². The lowest BCUT2D eigenvalue weighted by molar-refractivity contribution is 0.448. The number of hydrogen-bond donors (Lipinski definition) is 2. The van der Waals surface area contributed by atoms with E-state index >= 15 is 0 Å². The fourth-order valence-corrected chi connectivity index (χ4v) is 2.42. The van der Waals surface area contributed by atoms with Crippen molar-refractivity contribution in [2.45, 2.75) is 57.9 Å². The molecule has 0 amide bonds. The zero-order chi connectivity index (χ0) is 15.0. The summed E-state index contributed by atoms with van der Waals surface area (Å²) in [5.41, 5.74) is 6.26. The predicted molar refractivity (Wildman–Crippen MR) is 85.9 cm³/mol. The van der Waals surface area contributed by atoms with Crippen LogP contribution in [-0.4, -0.2) is 12.1 Å². The van der Waals surface area contributed by atoms with E-state index in [1.54, 1.807) is 6.07 Å². The van der Waals surface area contributed by atoms with Crippen molar-refractivity contribution in [1.29, 1.82) is 0 Å². The standard InChI is InChI=1S/C16H26ClFN2/c1-3-4-5-6-7-10-16(2,12-19)20-15-11-13(18)8-9-14(15)17/h8-9,11,20H,3-7,10,12,19H2,1-2H3. The molecular weight excluding hydrogens is 275 g/mol. The molecule has 0 radical (unpaired) electrons. The maximum Gasteiger partial charge on any atom is 0.125 e. The minimum atomic E-state index is -0.292. The molecule has 0 fully saturated rings. The Hall–Kier alpha value is -0.800. The van der Waals surface area contributed by atoms with Gasteiger partial charge in [0.15, 0.2) is 0 Å². The van der Waals surface area contributed by atoms with Crippen molar-refractivity contribution < 1.29 is 4.39 Å². The van der Waals surface area contributed by atoms with Gasteiger partial charge in [-0.25, -0.2) is 4.39 Å². The van der Waals surface area contributed by atoms with Crippen LogP contribution in [0, 0.1) is 5.82 Å². The molecule has 1 aromatic carbocycles. The van der Waals surface area contributed by atoms with Gasteiger partial charge in [0, 0.05) is 12.1 Å². The van der Waals surface area contributed by atoms with E-state index in [4.69, 9.17) is 17.3 Å². The minimum absolute atomic E-state index is 0.246. The molecule has 0 aliphatic rings. The lowest BCUT2D eigenvalue weighted by Gasteiger charge is -2.31. The number of nitrogens with one attached hydrogen (secondary N) is 1. The van der Waals surface area contributed by atoms with Crippen LogP contribution in [0.2, 0.25) is 5.02 Å². The third-order valence-electron chi connectivity index (χ3n) is 3.65. The Bertz CT molecular complexity index is 411. The van der Waals surface area contributed by atoms with Crippen LogP contribution in [0.15, 0.2) is 18.2 Å². The second-order valence-electron chi connectivity index (χ2n) is 5.68. The van der Waals surface area contributed by atoms with Crippen molar-refractivity contribution in [3.05, 3.63) is 29.0 Å². The van der Waals surface area contributed by atoms with Crippen molar-refractivity contribution >= 4 is 17.3 Å². The highest BCUT2D eigenvalue weighted by atomic mass is 35.5. The van der Waals surface area contributed by atoms with Gasteiger partial charge < -0.3 is 11.1 Å². The zero-order valence-corrected chi connectivity index (χ0v) is 13.3. The SMILES string of the molecule is CCCCCCCC(C)(CN)Nc1cc(F)ccc1Cl. The fourth-order valence-electron chi connectivity index (χ4n) is 2.25. The van der Waals surface area contributed by atoms with Crippen molar-refractivity contribution in [2.75, 3.05) is 11.9 Å². The summed E-state index contributed by atoms with van der Waals surface area (Å²) in [4.78, 5) is 0. The Kier molecular flexibility index (Phi) is 7.31. The maximum absolute atomic E-state index is 13.3. The van der Waals surface area contributed by atoms with Crippen molar-refractivity contribution in [2.24, 2.45) is 5.73 Å². The Labute approximate surface area is 126 Å². The predicted octanol–water partition coefficient (Wildman–Crippen LogP) is 4.97. The largest absolute Gasteiger partial charge is 0.377 e. The molecule has 1 rings (SSSR count). The van der Waals surface area contributed by atoms with Crippen molar-refractivity contribution in [3.8, 4) is 0 Å². The molecule has 20 heavy (non-hydrogen) atoms. The van der Waals surface area contributed by atoms with Crippen molar-refractivity contribution in [1.82, 2.24) is 0 Å². The van der Waals surface area contributed by atoms with Gasteiger partial charge in [0.2, 0.25) is 0 Å². The molecule has 1 aromatic rings. The average molecular weight is 301 g/mol. The summed E-state index contributed by atoms with van der Waals surface area (Å²) < 4.78 is 13.3. The zero-order valence-electron chi connectivity index (χ0n) is 12.5. The van der Waals surface area contributed by atoms with Gasteiger partial charge in [-0.15, -0.1) is 0 Å². The highest BCUT2D eigenvalue weighted by Gasteiger charge is 2.22.